The van der Waals surface area contributed by atoms with E-state index in [2.05, 4.69) is 4.98 Å². The normalized spacial score (nSPS) is 13.1. The minimum absolute atomic E-state index is 0.273. The average Bonchev–Trinajstić information content (AvgIpc) is 2.46. The smallest absolute Gasteiger partial charge is 0.416 e. The van der Waals surface area contributed by atoms with Gasteiger partial charge >= 0.3 is 6.18 Å². The highest BCUT2D eigenvalue weighted by atomic mass is 19.4. The van der Waals surface area contributed by atoms with Crippen molar-refractivity contribution in [3.05, 3.63) is 59.4 Å². The van der Waals surface area contributed by atoms with E-state index < -0.39 is 17.8 Å². The number of methoxy groups -OCH3 is 1. The molecule has 0 saturated carbocycles. The Morgan fingerprint density at radius 1 is 1.15 bits per heavy atom. The van der Waals surface area contributed by atoms with Crippen LogP contribution in [0.1, 0.15) is 22.8 Å². The molecule has 0 bridgehead atoms. The summed E-state index contributed by atoms with van der Waals surface area (Å²) in [5.41, 5.74) is -0.828. The number of halogens is 3. The van der Waals surface area contributed by atoms with Crippen LogP contribution in [0.5, 0.6) is 5.75 Å². The van der Waals surface area contributed by atoms with Crippen molar-refractivity contribution >= 4 is 0 Å². The van der Waals surface area contributed by atoms with E-state index >= 15 is 0 Å². The van der Waals surface area contributed by atoms with E-state index in [1.165, 1.54) is 19.2 Å². The molecule has 2 aromatic rings. The molecule has 1 unspecified atom stereocenters. The minimum atomic E-state index is -4.54. The average molecular weight is 283 g/mol. The zero-order valence-corrected chi connectivity index (χ0v) is 10.6. The molecule has 106 valence electrons. The highest BCUT2D eigenvalue weighted by Gasteiger charge is 2.35. The first-order valence-electron chi connectivity index (χ1n) is 5.76. The Hall–Kier alpha value is -2.08. The van der Waals surface area contributed by atoms with Crippen LogP contribution in [0.3, 0.4) is 0 Å². The van der Waals surface area contributed by atoms with Gasteiger partial charge in [0.05, 0.1) is 12.7 Å². The fraction of sp³-hybridized carbons (Fsp3) is 0.214. The SMILES string of the molecule is COc1ccc(C(O)c2cnccc2C(F)(F)F)cc1. The van der Waals surface area contributed by atoms with Gasteiger partial charge in [-0.15, -0.1) is 0 Å². The number of aromatic nitrogens is 1. The third kappa shape index (κ3) is 2.91. The minimum Gasteiger partial charge on any atom is -0.497 e. The van der Waals surface area contributed by atoms with Crippen LogP contribution in [0.2, 0.25) is 0 Å². The van der Waals surface area contributed by atoms with Crippen molar-refractivity contribution in [1.82, 2.24) is 4.98 Å². The van der Waals surface area contributed by atoms with Crippen LogP contribution in [0.15, 0.2) is 42.7 Å². The monoisotopic (exact) mass is 283 g/mol. The predicted molar refractivity (Wildman–Crippen MR) is 66.3 cm³/mol. The second-order valence-corrected chi connectivity index (χ2v) is 4.14. The van der Waals surface area contributed by atoms with Gasteiger partial charge in [-0.2, -0.15) is 13.2 Å². The van der Waals surface area contributed by atoms with Crippen molar-refractivity contribution in [2.75, 3.05) is 7.11 Å². The van der Waals surface area contributed by atoms with Crippen LogP contribution in [0.25, 0.3) is 0 Å². The Kier molecular flexibility index (Phi) is 3.94. The van der Waals surface area contributed by atoms with Crippen molar-refractivity contribution in [2.24, 2.45) is 0 Å². The lowest BCUT2D eigenvalue weighted by atomic mass is 9.98. The summed E-state index contributed by atoms with van der Waals surface area (Å²) in [6.07, 6.45) is -3.86. The number of hydrogen-bond donors (Lipinski definition) is 1. The standard InChI is InChI=1S/C14H12F3NO2/c1-20-10-4-2-9(3-5-10)13(19)11-8-18-7-6-12(11)14(15,16)17/h2-8,13,19H,1H3. The molecule has 1 atom stereocenters. The summed E-state index contributed by atoms with van der Waals surface area (Å²) in [5.74, 6) is 0.559. The van der Waals surface area contributed by atoms with Gasteiger partial charge < -0.3 is 9.84 Å². The summed E-state index contributed by atoms with van der Waals surface area (Å²) in [7, 11) is 1.48. The summed E-state index contributed by atoms with van der Waals surface area (Å²) >= 11 is 0. The van der Waals surface area contributed by atoms with Crippen LogP contribution in [0.4, 0.5) is 13.2 Å². The van der Waals surface area contributed by atoms with Gasteiger partial charge in [0, 0.05) is 18.0 Å². The second kappa shape index (κ2) is 5.50. The first-order chi connectivity index (χ1) is 9.43. The molecule has 1 N–H and O–H groups in total. The fourth-order valence-corrected chi connectivity index (χ4v) is 1.85. The van der Waals surface area contributed by atoms with Crippen LogP contribution >= 0.6 is 0 Å². The van der Waals surface area contributed by atoms with Gasteiger partial charge in [0.25, 0.3) is 0 Å². The molecule has 1 heterocycles. The van der Waals surface area contributed by atoms with Crippen LogP contribution in [-0.4, -0.2) is 17.2 Å². The second-order valence-electron chi connectivity index (χ2n) is 4.14. The van der Waals surface area contributed by atoms with E-state index in [9.17, 15) is 18.3 Å². The van der Waals surface area contributed by atoms with Gasteiger partial charge in [-0.25, -0.2) is 0 Å². The number of pyridine rings is 1. The summed E-state index contributed by atoms with van der Waals surface area (Å²) in [5, 5.41) is 10.1. The summed E-state index contributed by atoms with van der Waals surface area (Å²) in [6.45, 7) is 0. The lowest BCUT2D eigenvalue weighted by Crippen LogP contribution is -2.13. The van der Waals surface area contributed by atoms with E-state index in [0.717, 1.165) is 18.5 Å². The van der Waals surface area contributed by atoms with E-state index in [1.54, 1.807) is 12.1 Å². The predicted octanol–water partition coefficient (Wildman–Crippen LogP) is 3.19. The van der Waals surface area contributed by atoms with Crippen molar-refractivity contribution in [2.45, 2.75) is 12.3 Å². The largest absolute Gasteiger partial charge is 0.497 e. The van der Waals surface area contributed by atoms with Crippen LogP contribution < -0.4 is 4.74 Å². The number of rotatable bonds is 3. The van der Waals surface area contributed by atoms with E-state index in [0.29, 0.717) is 11.3 Å². The first kappa shape index (κ1) is 14.3. The lowest BCUT2D eigenvalue weighted by molar-refractivity contribution is -0.139. The van der Waals surface area contributed by atoms with Gasteiger partial charge in [0.2, 0.25) is 0 Å². The Bertz CT molecular complexity index is 582. The fourth-order valence-electron chi connectivity index (χ4n) is 1.85. The number of nitrogens with zero attached hydrogens (tertiary/aromatic N) is 1. The highest BCUT2D eigenvalue weighted by molar-refractivity contribution is 5.37. The Morgan fingerprint density at radius 2 is 1.80 bits per heavy atom. The van der Waals surface area contributed by atoms with Gasteiger partial charge in [0.15, 0.2) is 0 Å². The van der Waals surface area contributed by atoms with E-state index in [4.69, 9.17) is 4.74 Å². The third-order valence-corrected chi connectivity index (χ3v) is 2.88. The molecule has 20 heavy (non-hydrogen) atoms. The number of alkyl halides is 3. The highest BCUT2D eigenvalue weighted by Crippen LogP contribution is 2.36. The topological polar surface area (TPSA) is 42.4 Å². The number of benzene rings is 1. The Balaban J connectivity index is 2.40. The molecule has 0 aliphatic carbocycles. The number of ether oxygens (including phenoxy) is 1. The maximum Gasteiger partial charge on any atom is 0.416 e. The maximum absolute atomic E-state index is 12.9. The van der Waals surface area contributed by atoms with E-state index in [1.807, 2.05) is 0 Å². The molecule has 3 nitrogen and oxygen atoms in total. The van der Waals surface area contributed by atoms with Gasteiger partial charge in [0.1, 0.15) is 11.9 Å². The molecule has 0 radical (unpaired) electrons. The molecule has 2 rings (SSSR count). The van der Waals surface area contributed by atoms with Gasteiger partial charge in [-0.1, -0.05) is 12.1 Å². The summed E-state index contributed by atoms with van der Waals surface area (Å²) < 4.78 is 43.6. The van der Waals surface area contributed by atoms with Crippen LogP contribution in [-0.2, 0) is 6.18 Å². The molecule has 0 amide bonds. The summed E-state index contributed by atoms with van der Waals surface area (Å²) in [6, 6.07) is 7.01. The maximum atomic E-state index is 12.9. The molecular weight excluding hydrogens is 271 g/mol. The number of aliphatic hydroxyl groups excluding tert-OH is 1. The third-order valence-electron chi connectivity index (χ3n) is 2.88. The van der Waals surface area contributed by atoms with Crippen molar-refractivity contribution in [1.29, 1.82) is 0 Å². The molecule has 1 aromatic carbocycles. The Morgan fingerprint density at radius 3 is 2.35 bits per heavy atom. The molecule has 1 aromatic heterocycles. The molecule has 0 fully saturated rings. The first-order valence-corrected chi connectivity index (χ1v) is 5.76. The zero-order valence-electron chi connectivity index (χ0n) is 10.6. The summed E-state index contributed by atoms with van der Waals surface area (Å²) in [4.78, 5) is 3.65. The molecular formula is C14H12F3NO2. The van der Waals surface area contributed by atoms with Gasteiger partial charge in [-0.3, -0.25) is 4.98 Å². The van der Waals surface area contributed by atoms with Gasteiger partial charge in [-0.05, 0) is 23.8 Å². The molecule has 0 spiro atoms. The molecule has 6 heteroatoms. The number of hydrogen-bond acceptors (Lipinski definition) is 3. The van der Waals surface area contributed by atoms with Crippen molar-refractivity contribution in [3.8, 4) is 5.75 Å². The van der Waals surface area contributed by atoms with Crippen molar-refractivity contribution in [3.63, 3.8) is 0 Å². The zero-order chi connectivity index (χ0) is 14.8. The number of aliphatic hydroxyl groups is 1. The molecule has 0 saturated heterocycles. The Labute approximate surface area is 113 Å². The lowest BCUT2D eigenvalue weighted by Gasteiger charge is -2.17. The quantitative estimate of drug-likeness (QED) is 0.940. The van der Waals surface area contributed by atoms with Crippen LogP contribution in [0, 0.1) is 0 Å². The molecule has 0 aliphatic rings. The molecule has 0 aliphatic heterocycles. The van der Waals surface area contributed by atoms with Crippen molar-refractivity contribution < 1.29 is 23.0 Å². The van der Waals surface area contributed by atoms with E-state index in [-0.39, 0.29) is 5.56 Å².